The van der Waals surface area contributed by atoms with Gasteiger partial charge in [-0.25, -0.2) is 4.98 Å². The molecule has 3 heteroatoms. The maximum atomic E-state index is 11.8. The Morgan fingerprint density at radius 2 is 1.94 bits per heavy atom. The number of carbonyl (C=O) groups is 1. The molecule has 2 aromatic rings. The van der Waals surface area contributed by atoms with Crippen LogP contribution in [0.15, 0.2) is 54.7 Å². The number of benzene rings is 1. The van der Waals surface area contributed by atoms with E-state index in [0.717, 1.165) is 5.56 Å². The third-order valence-corrected chi connectivity index (χ3v) is 2.44. The van der Waals surface area contributed by atoms with Crippen molar-refractivity contribution in [1.29, 1.82) is 0 Å². The van der Waals surface area contributed by atoms with Crippen LogP contribution >= 0.6 is 11.6 Å². The van der Waals surface area contributed by atoms with Gasteiger partial charge in [-0.05, 0) is 23.8 Å². The average Bonchev–Trinajstić information content (AvgIpc) is 2.37. The smallest absolute Gasteiger partial charge is 0.186 e. The molecule has 1 aromatic heterocycles. The van der Waals surface area contributed by atoms with Crippen molar-refractivity contribution in [2.45, 2.75) is 0 Å². The van der Waals surface area contributed by atoms with E-state index in [-0.39, 0.29) is 5.78 Å². The van der Waals surface area contributed by atoms with E-state index in [4.69, 9.17) is 11.6 Å². The summed E-state index contributed by atoms with van der Waals surface area (Å²) in [5, 5.41) is 0.323. The Kier molecular flexibility index (Phi) is 3.68. The van der Waals surface area contributed by atoms with Crippen molar-refractivity contribution in [1.82, 2.24) is 4.98 Å². The van der Waals surface area contributed by atoms with Gasteiger partial charge >= 0.3 is 0 Å². The fourth-order valence-corrected chi connectivity index (χ4v) is 1.56. The Balaban J connectivity index is 2.15. The molecule has 84 valence electrons. The molecular formula is C14H10ClNO. The van der Waals surface area contributed by atoms with Gasteiger partial charge in [0.1, 0.15) is 5.15 Å². The van der Waals surface area contributed by atoms with Crippen LogP contribution in [0, 0.1) is 0 Å². The summed E-state index contributed by atoms with van der Waals surface area (Å²) in [6.45, 7) is 0. The normalized spacial score (nSPS) is 10.6. The summed E-state index contributed by atoms with van der Waals surface area (Å²) in [5.41, 5.74) is 1.53. The first-order chi connectivity index (χ1) is 8.25. The van der Waals surface area contributed by atoms with Crippen molar-refractivity contribution in [3.63, 3.8) is 0 Å². The van der Waals surface area contributed by atoms with Crippen molar-refractivity contribution in [2.24, 2.45) is 0 Å². The van der Waals surface area contributed by atoms with E-state index in [1.165, 1.54) is 12.3 Å². The number of hydrogen-bond acceptors (Lipinski definition) is 2. The van der Waals surface area contributed by atoms with Crippen LogP contribution < -0.4 is 0 Å². The molecule has 0 N–H and O–H groups in total. The van der Waals surface area contributed by atoms with Gasteiger partial charge in [-0.3, -0.25) is 4.79 Å². The molecular weight excluding hydrogens is 234 g/mol. The fourth-order valence-electron chi connectivity index (χ4n) is 1.39. The van der Waals surface area contributed by atoms with E-state index in [1.807, 2.05) is 30.3 Å². The summed E-state index contributed by atoms with van der Waals surface area (Å²) in [6, 6.07) is 12.8. The van der Waals surface area contributed by atoms with Crippen LogP contribution in [-0.2, 0) is 0 Å². The maximum absolute atomic E-state index is 11.8. The first-order valence-electron chi connectivity index (χ1n) is 5.15. The topological polar surface area (TPSA) is 30.0 Å². The van der Waals surface area contributed by atoms with Gasteiger partial charge in [-0.15, -0.1) is 0 Å². The molecule has 1 heterocycles. The highest BCUT2D eigenvalue weighted by atomic mass is 35.5. The lowest BCUT2D eigenvalue weighted by Crippen LogP contribution is -1.94. The van der Waals surface area contributed by atoms with E-state index in [2.05, 4.69) is 4.98 Å². The molecule has 0 aliphatic heterocycles. The van der Waals surface area contributed by atoms with Gasteiger partial charge in [-0.2, -0.15) is 0 Å². The van der Waals surface area contributed by atoms with E-state index < -0.39 is 0 Å². The zero-order valence-corrected chi connectivity index (χ0v) is 9.76. The van der Waals surface area contributed by atoms with Crippen LogP contribution in [0.4, 0.5) is 0 Å². The molecule has 2 nitrogen and oxygen atoms in total. The predicted octanol–water partition coefficient (Wildman–Crippen LogP) is 3.63. The molecule has 1 aromatic carbocycles. The summed E-state index contributed by atoms with van der Waals surface area (Å²) in [5.74, 6) is -0.0850. The Bertz CT molecular complexity index is 549. The highest BCUT2D eigenvalue weighted by molar-refractivity contribution is 6.29. The SMILES string of the molecule is O=C(/C=C/c1ccccc1)c1ccnc(Cl)c1. The molecule has 0 spiro atoms. The van der Waals surface area contributed by atoms with Gasteiger partial charge < -0.3 is 0 Å². The predicted molar refractivity (Wildman–Crippen MR) is 69.1 cm³/mol. The lowest BCUT2D eigenvalue weighted by molar-refractivity contribution is 0.104. The van der Waals surface area contributed by atoms with Crippen LogP contribution in [0.1, 0.15) is 15.9 Å². The lowest BCUT2D eigenvalue weighted by atomic mass is 10.1. The van der Waals surface area contributed by atoms with Crippen molar-refractivity contribution in [3.8, 4) is 0 Å². The summed E-state index contributed by atoms with van der Waals surface area (Å²) in [7, 11) is 0. The number of rotatable bonds is 3. The molecule has 0 unspecified atom stereocenters. The Labute approximate surface area is 105 Å². The molecule has 2 rings (SSSR count). The number of aromatic nitrogens is 1. The van der Waals surface area contributed by atoms with Crippen LogP contribution in [0.3, 0.4) is 0 Å². The molecule has 0 aliphatic carbocycles. The third kappa shape index (κ3) is 3.26. The van der Waals surface area contributed by atoms with Gasteiger partial charge in [0, 0.05) is 11.8 Å². The van der Waals surface area contributed by atoms with E-state index in [1.54, 1.807) is 18.2 Å². The number of ketones is 1. The van der Waals surface area contributed by atoms with Gasteiger partial charge in [0.05, 0.1) is 0 Å². The minimum Gasteiger partial charge on any atom is -0.289 e. The standard InChI is InChI=1S/C14H10ClNO/c15-14-10-12(8-9-16-14)13(17)7-6-11-4-2-1-3-5-11/h1-10H/b7-6+. The van der Waals surface area contributed by atoms with Crippen molar-refractivity contribution in [2.75, 3.05) is 0 Å². The first-order valence-corrected chi connectivity index (χ1v) is 5.52. The second-order valence-corrected chi connectivity index (χ2v) is 3.86. The van der Waals surface area contributed by atoms with Crippen molar-refractivity contribution < 1.29 is 4.79 Å². The molecule has 0 bridgehead atoms. The molecule has 0 radical (unpaired) electrons. The van der Waals surface area contributed by atoms with Crippen molar-refractivity contribution in [3.05, 3.63) is 71.0 Å². The molecule has 0 amide bonds. The van der Waals surface area contributed by atoms with Crippen LogP contribution in [-0.4, -0.2) is 10.8 Å². The molecule has 0 saturated heterocycles. The molecule has 0 aliphatic rings. The maximum Gasteiger partial charge on any atom is 0.186 e. The van der Waals surface area contributed by atoms with Crippen LogP contribution in [0.2, 0.25) is 5.15 Å². The number of nitrogens with zero attached hydrogens (tertiary/aromatic N) is 1. The zero-order valence-electron chi connectivity index (χ0n) is 9.01. The molecule has 0 saturated carbocycles. The summed E-state index contributed by atoms with van der Waals surface area (Å²) in [6.07, 6.45) is 4.82. The van der Waals surface area contributed by atoms with E-state index in [9.17, 15) is 4.79 Å². The van der Waals surface area contributed by atoms with Gasteiger partial charge in [-0.1, -0.05) is 48.0 Å². The average molecular weight is 244 g/mol. The van der Waals surface area contributed by atoms with Crippen LogP contribution in [0.5, 0.6) is 0 Å². The fraction of sp³-hybridized carbons (Fsp3) is 0. The van der Waals surface area contributed by atoms with E-state index in [0.29, 0.717) is 10.7 Å². The quantitative estimate of drug-likeness (QED) is 0.468. The summed E-state index contributed by atoms with van der Waals surface area (Å²) in [4.78, 5) is 15.6. The van der Waals surface area contributed by atoms with E-state index >= 15 is 0 Å². The van der Waals surface area contributed by atoms with Crippen molar-refractivity contribution >= 4 is 23.5 Å². The number of allylic oxidation sites excluding steroid dienone is 1. The summed E-state index contributed by atoms with van der Waals surface area (Å²) >= 11 is 5.72. The Hall–Kier alpha value is -1.93. The second-order valence-electron chi connectivity index (χ2n) is 3.48. The Morgan fingerprint density at radius 1 is 1.18 bits per heavy atom. The molecule has 0 fully saturated rings. The van der Waals surface area contributed by atoms with Gasteiger partial charge in [0.25, 0.3) is 0 Å². The zero-order chi connectivity index (χ0) is 12.1. The molecule has 17 heavy (non-hydrogen) atoms. The van der Waals surface area contributed by atoms with Crippen LogP contribution in [0.25, 0.3) is 6.08 Å². The number of hydrogen-bond donors (Lipinski definition) is 0. The minimum absolute atomic E-state index is 0.0850. The highest BCUT2D eigenvalue weighted by Gasteiger charge is 2.02. The first kappa shape index (κ1) is 11.6. The van der Waals surface area contributed by atoms with Gasteiger partial charge in [0.15, 0.2) is 5.78 Å². The lowest BCUT2D eigenvalue weighted by Gasteiger charge is -1.96. The van der Waals surface area contributed by atoms with Gasteiger partial charge in [0.2, 0.25) is 0 Å². The second kappa shape index (κ2) is 5.41. The number of carbonyl (C=O) groups excluding carboxylic acids is 1. The highest BCUT2D eigenvalue weighted by Crippen LogP contribution is 2.09. The molecule has 0 atom stereocenters. The third-order valence-electron chi connectivity index (χ3n) is 2.24. The largest absolute Gasteiger partial charge is 0.289 e. The summed E-state index contributed by atoms with van der Waals surface area (Å²) < 4.78 is 0. The number of halogens is 1. The Morgan fingerprint density at radius 3 is 2.65 bits per heavy atom. The minimum atomic E-state index is -0.0850. The monoisotopic (exact) mass is 243 g/mol. The number of pyridine rings is 1.